The highest BCUT2D eigenvalue weighted by Crippen LogP contribution is 2.30. The molecule has 0 fully saturated rings. The standard InChI is InChI=1S/C13H8FNO4/c14-11-7-8(5-6-10(11)13(16)17)9-3-1-2-4-12(9)15(18)19/h1-7H,(H,16,17)/p-1. The number of aromatic carboxylic acids is 1. The summed E-state index contributed by atoms with van der Waals surface area (Å²) in [6.07, 6.45) is 0. The van der Waals surface area contributed by atoms with Crippen molar-refractivity contribution in [2.75, 3.05) is 0 Å². The molecule has 0 aliphatic carbocycles. The van der Waals surface area contributed by atoms with Crippen molar-refractivity contribution < 1.29 is 19.2 Å². The lowest BCUT2D eigenvalue weighted by Gasteiger charge is -2.07. The number of para-hydroxylation sites is 1. The van der Waals surface area contributed by atoms with Gasteiger partial charge in [0, 0.05) is 11.6 Å². The number of carboxylic acids is 1. The van der Waals surface area contributed by atoms with E-state index in [1.807, 2.05) is 0 Å². The Balaban J connectivity index is 2.57. The summed E-state index contributed by atoms with van der Waals surface area (Å²) in [4.78, 5) is 20.9. The molecular weight excluding hydrogens is 253 g/mol. The normalized spacial score (nSPS) is 10.2. The van der Waals surface area contributed by atoms with E-state index in [-0.39, 0.29) is 16.8 Å². The molecule has 0 saturated carbocycles. The molecule has 0 aromatic heterocycles. The third-order valence-electron chi connectivity index (χ3n) is 2.60. The molecule has 0 aliphatic rings. The second-order valence-corrected chi connectivity index (χ2v) is 3.76. The van der Waals surface area contributed by atoms with Crippen LogP contribution in [-0.4, -0.2) is 10.9 Å². The maximum absolute atomic E-state index is 13.5. The maximum atomic E-state index is 13.5. The first kappa shape index (κ1) is 12.7. The van der Waals surface area contributed by atoms with Crippen molar-refractivity contribution in [1.29, 1.82) is 0 Å². The highest BCUT2D eigenvalue weighted by molar-refractivity contribution is 5.87. The highest BCUT2D eigenvalue weighted by Gasteiger charge is 2.15. The van der Waals surface area contributed by atoms with E-state index >= 15 is 0 Å². The van der Waals surface area contributed by atoms with Gasteiger partial charge >= 0.3 is 0 Å². The first-order chi connectivity index (χ1) is 9.00. The first-order valence-corrected chi connectivity index (χ1v) is 5.25. The molecule has 0 heterocycles. The number of benzene rings is 2. The lowest BCUT2D eigenvalue weighted by molar-refractivity contribution is -0.384. The van der Waals surface area contributed by atoms with Gasteiger partial charge in [-0.3, -0.25) is 10.1 Å². The summed E-state index contributed by atoms with van der Waals surface area (Å²) in [5.41, 5.74) is -0.309. The number of nitro groups is 1. The van der Waals surface area contributed by atoms with Gasteiger partial charge in [0.1, 0.15) is 5.82 Å². The van der Waals surface area contributed by atoms with Crippen molar-refractivity contribution in [3.8, 4) is 11.1 Å². The molecule has 19 heavy (non-hydrogen) atoms. The van der Waals surface area contributed by atoms with Gasteiger partial charge in [-0.15, -0.1) is 0 Å². The minimum atomic E-state index is -1.63. The predicted octanol–water partition coefficient (Wildman–Crippen LogP) is 1.76. The van der Waals surface area contributed by atoms with Crippen molar-refractivity contribution >= 4 is 11.7 Å². The number of hydrogen-bond acceptors (Lipinski definition) is 4. The molecule has 0 unspecified atom stereocenters. The molecule has 6 heteroatoms. The Morgan fingerprint density at radius 1 is 1.16 bits per heavy atom. The summed E-state index contributed by atoms with van der Waals surface area (Å²) in [6, 6.07) is 9.09. The van der Waals surface area contributed by atoms with Crippen LogP contribution < -0.4 is 5.11 Å². The van der Waals surface area contributed by atoms with E-state index in [4.69, 9.17) is 0 Å². The Labute approximate surface area is 107 Å². The van der Waals surface area contributed by atoms with Crippen molar-refractivity contribution in [1.82, 2.24) is 0 Å². The number of carbonyl (C=O) groups excluding carboxylic acids is 1. The zero-order valence-electron chi connectivity index (χ0n) is 9.50. The molecule has 0 N–H and O–H groups in total. The Hall–Kier alpha value is -2.76. The van der Waals surface area contributed by atoms with Crippen LogP contribution in [0.1, 0.15) is 10.4 Å². The molecule has 2 aromatic carbocycles. The highest BCUT2D eigenvalue weighted by atomic mass is 19.1. The monoisotopic (exact) mass is 260 g/mol. The van der Waals surface area contributed by atoms with E-state index in [2.05, 4.69) is 0 Å². The number of carbonyl (C=O) groups is 1. The van der Waals surface area contributed by atoms with Crippen molar-refractivity contribution in [3.63, 3.8) is 0 Å². The lowest BCUT2D eigenvalue weighted by Crippen LogP contribution is -2.23. The van der Waals surface area contributed by atoms with Gasteiger partial charge in [-0.2, -0.15) is 0 Å². The van der Waals surface area contributed by atoms with Crippen LogP contribution in [0.25, 0.3) is 11.1 Å². The Bertz CT molecular complexity index is 669. The van der Waals surface area contributed by atoms with Crippen LogP contribution in [-0.2, 0) is 0 Å². The van der Waals surface area contributed by atoms with E-state index in [9.17, 15) is 24.4 Å². The molecule has 5 nitrogen and oxygen atoms in total. The maximum Gasteiger partial charge on any atom is 0.277 e. The third kappa shape index (κ3) is 2.42. The molecule has 0 aliphatic heterocycles. The first-order valence-electron chi connectivity index (χ1n) is 5.25. The van der Waals surface area contributed by atoms with Crippen LogP contribution in [0.15, 0.2) is 42.5 Å². The Morgan fingerprint density at radius 2 is 1.84 bits per heavy atom. The van der Waals surface area contributed by atoms with Gasteiger partial charge in [-0.1, -0.05) is 18.2 Å². The van der Waals surface area contributed by atoms with Gasteiger partial charge in [0.15, 0.2) is 0 Å². The number of nitrogens with zero attached hydrogens (tertiary/aromatic N) is 1. The van der Waals surface area contributed by atoms with E-state index in [1.54, 1.807) is 6.07 Å². The molecule has 2 aromatic rings. The van der Waals surface area contributed by atoms with Crippen molar-refractivity contribution in [2.45, 2.75) is 0 Å². The number of rotatable bonds is 3. The average Bonchev–Trinajstić information content (AvgIpc) is 2.38. The number of hydrogen-bond donors (Lipinski definition) is 0. The van der Waals surface area contributed by atoms with Crippen molar-refractivity contribution in [3.05, 3.63) is 64.0 Å². The summed E-state index contributed by atoms with van der Waals surface area (Å²) in [5, 5.41) is 21.4. The Kier molecular flexibility index (Phi) is 3.24. The fraction of sp³-hybridized carbons (Fsp3) is 0. The topological polar surface area (TPSA) is 83.3 Å². The van der Waals surface area contributed by atoms with E-state index in [0.29, 0.717) is 0 Å². The van der Waals surface area contributed by atoms with Crippen LogP contribution in [0.4, 0.5) is 10.1 Å². The molecule has 0 spiro atoms. The smallest absolute Gasteiger partial charge is 0.277 e. The van der Waals surface area contributed by atoms with Crippen LogP contribution >= 0.6 is 0 Å². The van der Waals surface area contributed by atoms with Gasteiger partial charge in [-0.25, -0.2) is 4.39 Å². The zero-order chi connectivity index (χ0) is 14.0. The quantitative estimate of drug-likeness (QED) is 0.621. The van der Waals surface area contributed by atoms with Gasteiger partial charge < -0.3 is 9.90 Å². The van der Waals surface area contributed by atoms with Crippen molar-refractivity contribution in [2.24, 2.45) is 0 Å². The van der Waals surface area contributed by atoms with Crippen LogP contribution in [0.2, 0.25) is 0 Å². The fourth-order valence-corrected chi connectivity index (χ4v) is 1.73. The number of halogens is 1. The summed E-state index contributed by atoms with van der Waals surface area (Å²) >= 11 is 0. The van der Waals surface area contributed by atoms with Gasteiger partial charge in [-0.05, 0) is 23.8 Å². The molecule has 0 radical (unpaired) electrons. The summed E-state index contributed by atoms with van der Waals surface area (Å²) in [5.74, 6) is -2.62. The molecule has 0 amide bonds. The number of carboxylic acid groups (broad SMARTS) is 1. The number of nitro benzene ring substituents is 1. The molecular formula is C13H7FNO4-. The van der Waals surface area contributed by atoms with E-state index in [0.717, 1.165) is 12.1 Å². The molecule has 0 bridgehead atoms. The second-order valence-electron chi connectivity index (χ2n) is 3.76. The SMILES string of the molecule is O=C([O-])c1ccc(-c2ccccc2[N+](=O)[O-])cc1F. The fourth-order valence-electron chi connectivity index (χ4n) is 1.73. The third-order valence-corrected chi connectivity index (χ3v) is 2.60. The van der Waals surface area contributed by atoms with Crippen LogP contribution in [0.5, 0.6) is 0 Å². The van der Waals surface area contributed by atoms with Gasteiger partial charge in [0.2, 0.25) is 0 Å². The minimum Gasteiger partial charge on any atom is -0.545 e. The Morgan fingerprint density at radius 3 is 2.42 bits per heavy atom. The summed E-state index contributed by atoms with van der Waals surface area (Å²) in [7, 11) is 0. The minimum absolute atomic E-state index is 0.178. The molecule has 0 saturated heterocycles. The molecule has 2 rings (SSSR count). The predicted molar refractivity (Wildman–Crippen MR) is 62.8 cm³/mol. The summed E-state index contributed by atoms with van der Waals surface area (Å²) in [6.45, 7) is 0. The largest absolute Gasteiger partial charge is 0.545 e. The lowest BCUT2D eigenvalue weighted by atomic mass is 10.0. The van der Waals surface area contributed by atoms with Crippen LogP contribution in [0.3, 0.4) is 0 Å². The van der Waals surface area contributed by atoms with E-state index in [1.165, 1.54) is 24.3 Å². The zero-order valence-corrected chi connectivity index (χ0v) is 9.50. The average molecular weight is 260 g/mol. The summed E-state index contributed by atoms with van der Waals surface area (Å²) < 4.78 is 13.5. The van der Waals surface area contributed by atoms with E-state index < -0.39 is 22.3 Å². The van der Waals surface area contributed by atoms with Gasteiger partial charge in [0.05, 0.1) is 16.5 Å². The molecule has 0 atom stereocenters. The second kappa shape index (κ2) is 4.85. The molecule has 96 valence electrons. The van der Waals surface area contributed by atoms with Crippen LogP contribution in [0, 0.1) is 15.9 Å². The van der Waals surface area contributed by atoms with Gasteiger partial charge in [0.25, 0.3) is 5.69 Å².